The standard InChI is InChI=1S/C12H18N2O6/c1-2-3-14-4-6(11(18)13-12(14)19)10-9(17)8(16)7(5-15)20-10/h4,7-10,15-17H,2-3,5H2,1H3,(H,13,18,19)/t7-,8-,9-,10+/m1/s1. The molecule has 0 bridgehead atoms. The topological polar surface area (TPSA) is 125 Å². The molecule has 1 aliphatic heterocycles. The molecule has 0 radical (unpaired) electrons. The maximum absolute atomic E-state index is 11.8. The van der Waals surface area contributed by atoms with E-state index in [1.54, 1.807) is 0 Å². The Labute approximate surface area is 114 Å². The molecule has 20 heavy (non-hydrogen) atoms. The number of aromatic nitrogens is 2. The summed E-state index contributed by atoms with van der Waals surface area (Å²) in [6, 6.07) is 0. The number of H-pyrrole nitrogens is 1. The van der Waals surface area contributed by atoms with E-state index in [9.17, 15) is 19.8 Å². The molecule has 2 heterocycles. The third-order valence-corrected chi connectivity index (χ3v) is 3.35. The van der Waals surface area contributed by atoms with E-state index in [2.05, 4.69) is 4.98 Å². The summed E-state index contributed by atoms with van der Waals surface area (Å²) in [7, 11) is 0. The molecule has 1 aromatic heterocycles. The van der Waals surface area contributed by atoms with E-state index in [-0.39, 0.29) is 5.56 Å². The van der Waals surface area contributed by atoms with Crippen molar-refractivity contribution < 1.29 is 20.1 Å². The maximum Gasteiger partial charge on any atom is 0.328 e. The highest BCUT2D eigenvalue weighted by Gasteiger charge is 2.44. The first-order valence-electron chi connectivity index (χ1n) is 6.45. The second-order valence-electron chi connectivity index (χ2n) is 4.80. The number of nitrogens with one attached hydrogen (secondary N) is 1. The molecule has 0 aromatic carbocycles. The molecule has 1 aliphatic rings. The van der Waals surface area contributed by atoms with Gasteiger partial charge in [0.2, 0.25) is 0 Å². The number of aryl methyl sites for hydroxylation is 1. The smallest absolute Gasteiger partial charge is 0.328 e. The van der Waals surface area contributed by atoms with Crippen molar-refractivity contribution in [1.82, 2.24) is 9.55 Å². The lowest BCUT2D eigenvalue weighted by atomic mass is 10.0. The highest BCUT2D eigenvalue weighted by molar-refractivity contribution is 5.14. The van der Waals surface area contributed by atoms with E-state index >= 15 is 0 Å². The lowest BCUT2D eigenvalue weighted by Gasteiger charge is -2.15. The molecule has 1 aromatic rings. The van der Waals surface area contributed by atoms with Crippen LogP contribution in [0.2, 0.25) is 0 Å². The van der Waals surface area contributed by atoms with Crippen LogP contribution in [0, 0.1) is 0 Å². The lowest BCUT2D eigenvalue weighted by molar-refractivity contribution is -0.0233. The Balaban J connectivity index is 2.40. The van der Waals surface area contributed by atoms with Gasteiger partial charge in [0.05, 0.1) is 12.2 Å². The van der Waals surface area contributed by atoms with Crippen molar-refractivity contribution in [3.8, 4) is 0 Å². The number of aliphatic hydroxyl groups is 3. The molecule has 0 spiro atoms. The van der Waals surface area contributed by atoms with Crippen LogP contribution in [0.15, 0.2) is 15.8 Å². The van der Waals surface area contributed by atoms with E-state index < -0.39 is 42.3 Å². The van der Waals surface area contributed by atoms with Gasteiger partial charge < -0.3 is 24.6 Å². The molecule has 1 saturated heterocycles. The van der Waals surface area contributed by atoms with Crippen molar-refractivity contribution in [3.63, 3.8) is 0 Å². The maximum atomic E-state index is 11.8. The number of rotatable bonds is 4. The van der Waals surface area contributed by atoms with Crippen LogP contribution in [-0.4, -0.2) is 49.8 Å². The van der Waals surface area contributed by atoms with Gasteiger partial charge in [0.25, 0.3) is 5.56 Å². The van der Waals surface area contributed by atoms with E-state index in [4.69, 9.17) is 9.84 Å². The summed E-state index contributed by atoms with van der Waals surface area (Å²) < 4.78 is 6.60. The van der Waals surface area contributed by atoms with Gasteiger partial charge in [-0.1, -0.05) is 6.92 Å². The second-order valence-corrected chi connectivity index (χ2v) is 4.80. The Kier molecular flexibility index (Phi) is 4.39. The molecular formula is C12H18N2O6. The summed E-state index contributed by atoms with van der Waals surface area (Å²) in [5.74, 6) is 0. The molecule has 8 nitrogen and oxygen atoms in total. The summed E-state index contributed by atoms with van der Waals surface area (Å²) in [6.45, 7) is 1.82. The first-order valence-corrected chi connectivity index (χ1v) is 6.45. The minimum Gasteiger partial charge on any atom is -0.394 e. The summed E-state index contributed by atoms with van der Waals surface area (Å²) in [6.07, 6.45) is -2.63. The van der Waals surface area contributed by atoms with Gasteiger partial charge in [0, 0.05) is 12.7 Å². The van der Waals surface area contributed by atoms with Gasteiger partial charge in [-0.25, -0.2) is 4.79 Å². The average molecular weight is 286 g/mol. The van der Waals surface area contributed by atoms with Gasteiger partial charge in [-0.2, -0.15) is 0 Å². The van der Waals surface area contributed by atoms with Gasteiger partial charge in [0.1, 0.15) is 24.4 Å². The minimum absolute atomic E-state index is 0.0561. The van der Waals surface area contributed by atoms with Gasteiger partial charge in [0.15, 0.2) is 0 Å². The van der Waals surface area contributed by atoms with Crippen LogP contribution in [0.1, 0.15) is 25.0 Å². The van der Waals surface area contributed by atoms with Crippen LogP contribution in [-0.2, 0) is 11.3 Å². The summed E-state index contributed by atoms with van der Waals surface area (Å²) in [5, 5.41) is 28.6. The van der Waals surface area contributed by atoms with Crippen LogP contribution in [0.5, 0.6) is 0 Å². The van der Waals surface area contributed by atoms with Crippen molar-refractivity contribution in [2.45, 2.75) is 44.3 Å². The fourth-order valence-electron chi connectivity index (χ4n) is 2.29. The predicted octanol–water partition coefficient (Wildman–Crippen LogP) is -1.90. The molecule has 0 amide bonds. The van der Waals surface area contributed by atoms with Crippen molar-refractivity contribution >= 4 is 0 Å². The Morgan fingerprint density at radius 2 is 2.05 bits per heavy atom. The normalized spacial score (nSPS) is 29.8. The van der Waals surface area contributed by atoms with E-state index in [0.29, 0.717) is 13.0 Å². The van der Waals surface area contributed by atoms with Crippen LogP contribution >= 0.6 is 0 Å². The molecule has 0 unspecified atom stereocenters. The number of nitrogens with zero attached hydrogens (tertiary/aromatic N) is 1. The molecule has 8 heteroatoms. The van der Waals surface area contributed by atoms with Crippen molar-refractivity contribution in [2.75, 3.05) is 6.61 Å². The summed E-state index contributed by atoms with van der Waals surface area (Å²) in [4.78, 5) is 25.6. The Bertz CT molecular complexity index is 580. The first-order chi connectivity index (χ1) is 9.49. The molecule has 112 valence electrons. The third-order valence-electron chi connectivity index (χ3n) is 3.35. The van der Waals surface area contributed by atoms with Crippen LogP contribution < -0.4 is 11.2 Å². The van der Waals surface area contributed by atoms with E-state index in [1.807, 2.05) is 6.92 Å². The SMILES string of the molecule is CCCn1cc([C@@H]2O[C@H](CO)[C@@H](O)[C@H]2O)c(=O)[nH]c1=O. The Hall–Kier alpha value is -1.48. The van der Waals surface area contributed by atoms with Crippen molar-refractivity contribution in [3.05, 3.63) is 32.6 Å². The zero-order chi connectivity index (χ0) is 14.9. The van der Waals surface area contributed by atoms with Gasteiger partial charge in [-0.3, -0.25) is 9.78 Å². The quantitative estimate of drug-likeness (QED) is 0.512. The summed E-state index contributed by atoms with van der Waals surface area (Å²) in [5.41, 5.74) is -1.15. The minimum atomic E-state index is -1.33. The highest BCUT2D eigenvalue weighted by atomic mass is 16.6. The number of hydrogen-bond donors (Lipinski definition) is 4. The zero-order valence-electron chi connectivity index (χ0n) is 11.0. The van der Waals surface area contributed by atoms with Crippen molar-refractivity contribution in [2.24, 2.45) is 0 Å². The zero-order valence-corrected chi connectivity index (χ0v) is 11.0. The van der Waals surface area contributed by atoms with Crippen LogP contribution in [0.4, 0.5) is 0 Å². The molecule has 1 fully saturated rings. The number of hydrogen-bond acceptors (Lipinski definition) is 6. The first kappa shape index (κ1) is 14.9. The molecule has 0 saturated carbocycles. The fraction of sp³-hybridized carbons (Fsp3) is 0.667. The third kappa shape index (κ3) is 2.55. The average Bonchev–Trinajstić information content (AvgIpc) is 2.70. The Morgan fingerprint density at radius 1 is 1.35 bits per heavy atom. The largest absolute Gasteiger partial charge is 0.394 e. The number of aliphatic hydroxyl groups excluding tert-OH is 3. The van der Waals surface area contributed by atoms with E-state index in [0.717, 1.165) is 0 Å². The predicted molar refractivity (Wildman–Crippen MR) is 68.3 cm³/mol. The Morgan fingerprint density at radius 3 is 2.60 bits per heavy atom. The molecule has 4 N–H and O–H groups in total. The lowest BCUT2D eigenvalue weighted by Crippen LogP contribution is -2.36. The number of aromatic amines is 1. The monoisotopic (exact) mass is 286 g/mol. The van der Waals surface area contributed by atoms with Crippen LogP contribution in [0.25, 0.3) is 0 Å². The van der Waals surface area contributed by atoms with Crippen molar-refractivity contribution in [1.29, 1.82) is 0 Å². The van der Waals surface area contributed by atoms with Gasteiger partial charge >= 0.3 is 5.69 Å². The fourth-order valence-corrected chi connectivity index (χ4v) is 2.29. The van der Waals surface area contributed by atoms with Crippen LogP contribution in [0.3, 0.4) is 0 Å². The molecule has 0 aliphatic carbocycles. The second kappa shape index (κ2) is 5.88. The van der Waals surface area contributed by atoms with Gasteiger partial charge in [-0.05, 0) is 6.42 Å². The van der Waals surface area contributed by atoms with E-state index in [1.165, 1.54) is 10.8 Å². The molecular weight excluding hydrogens is 268 g/mol. The number of ether oxygens (including phenoxy) is 1. The highest BCUT2D eigenvalue weighted by Crippen LogP contribution is 2.31. The molecule has 4 atom stereocenters. The molecule has 2 rings (SSSR count). The van der Waals surface area contributed by atoms with Gasteiger partial charge in [-0.15, -0.1) is 0 Å². The summed E-state index contributed by atoms with van der Waals surface area (Å²) >= 11 is 0.